The minimum absolute atomic E-state index is 0.242. The normalized spacial score (nSPS) is 11.7. The topological polar surface area (TPSA) is 86.5 Å². The number of nitrogens with zero attached hydrogens (tertiary/aromatic N) is 2. The zero-order valence-electron chi connectivity index (χ0n) is 16.4. The van der Waals surface area contributed by atoms with Gasteiger partial charge in [0.15, 0.2) is 11.8 Å². The number of hydrogen-bond acceptors (Lipinski definition) is 6. The molecule has 7 heteroatoms. The summed E-state index contributed by atoms with van der Waals surface area (Å²) in [6.07, 6.45) is 0.234. The summed E-state index contributed by atoms with van der Waals surface area (Å²) in [6, 6.07) is 13.2. The Bertz CT molecular complexity index is 951. The van der Waals surface area contributed by atoms with Gasteiger partial charge in [-0.2, -0.15) is 0 Å². The monoisotopic (exact) mass is 381 g/mol. The van der Waals surface area contributed by atoms with E-state index in [2.05, 4.69) is 22.6 Å². The number of benzene rings is 2. The molecule has 3 aromatic rings. The van der Waals surface area contributed by atoms with Crippen molar-refractivity contribution >= 4 is 11.7 Å². The molecule has 1 unspecified atom stereocenters. The van der Waals surface area contributed by atoms with Crippen LogP contribution in [0, 0.1) is 6.92 Å². The van der Waals surface area contributed by atoms with Gasteiger partial charge in [0.2, 0.25) is 5.82 Å². The molecule has 0 saturated carbocycles. The number of amides is 1. The van der Waals surface area contributed by atoms with Gasteiger partial charge in [-0.3, -0.25) is 4.79 Å². The number of rotatable bonds is 7. The second-order valence-electron chi connectivity index (χ2n) is 6.39. The summed E-state index contributed by atoms with van der Waals surface area (Å²) in [7, 11) is 1.61. The van der Waals surface area contributed by atoms with Gasteiger partial charge in [-0.1, -0.05) is 19.1 Å². The molecule has 7 nitrogen and oxygen atoms in total. The van der Waals surface area contributed by atoms with Gasteiger partial charge in [0.25, 0.3) is 5.91 Å². The fourth-order valence-corrected chi connectivity index (χ4v) is 2.77. The second kappa shape index (κ2) is 8.56. The fourth-order valence-electron chi connectivity index (χ4n) is 2.77. The quantitative estimate of drug-likeness (QED) is 0.665. The van der Waals surface area contributed by atoms with E-state index in [0.717, 1.165) is 23.3 Å². The third-order valence-electron chi connectivity index (χ3n) is 4.41. The van der Waals surface area contributed by atoms with E-state index < -0.39 is 6.10 Å². The van der Waals surface area contributed by atoms with Crippen molar-refractivity contribution in [3.63, 3.8) is 0 Å². The molecule has 1 atom stereocenters. The summed E-state index contributed by atoms with van der Waals surface area (Å²) in [5, 5.41) is 10.4. The highest BCUT2D eigenvalue weighted by Crippen LogP contribution is 2.29. The molecule has 1 heterocycles. The molecule has 0 spiro atoms. The molecule has 0 aliphatic carbocycles. The predicted octanol–water partition coefficient (Wildman–Crippen LogP) is 4.02. The van der Waals surface area contributed by atoms with E-state index in [1.54, 1.807) is 14.0 Å². The maximum Gasteiger partial charge on any atom is 0.266 e. The lowest BCUT2D eigenvalue weighted by Gasteiger charge is -2.14. The number of methoxy groups -OCH3 is 1. The second-order valence-corrected chi connectivity index (χ2v) is 6.39. The number of aromatic nitrogens is 2. The lowest BCUT2D eigenvalue weighted by molar-refractivity contribution is -0.122. The van der Waals surface area contributed by atoms with Gasteiger partial charge in [-0.25, -0.2) is 4.63 Å². The van der Waals surface area contributed by atoms with Crippen LogP contribution in [-0.2, 0) is 11.2 Å². The summed E-state index contributed by atoms with van der Waals surface area (Å²) in [4.78, 5) is 12.5. The van der Waals surface area contributed by atoms with E-state index in [0.29, 0.717) is 11.4 Å². The highest BCUT2D eigenvalue weighted by Gasteiger charge is 2.20. The summed E-state index contributed by atoms with van der Waals surface area (Å²) in [5.41, 5.74) is 3.35. The third kappa shape index (κ3) is 4.31. The molecular weight excluding hydrogens is 358 g/mol. The first-order valence-corrected chi connectivity index (χ1v) is 9.05. The van der Waals surface area contributed by atoms with Gasteiger partial charge >= 0.3 is 0 Å². The van der Waals surface area contributed by atoms with Crippen molar-refractivity contribution in [3.8, 4) is 22.8 Å². The number of anilines is 1. The van der Waals surface area contributed by atoms with Crippen molar-refractivity contribution in [1.82, 2.24) is 10.3 Å². The Morgan fingerprint density at radius 1 is 1.18 bits per heavy atom. The van der Waals surface area contributed by atoms with Crippen LogP contribution in [0.4, 0.5) is 5.82 Å². The molecule has 0 radical (unpaired) electrons. The minimum atomic E-state index is -0.713. The van der Waals surface area contributed by atoms with Crippen LogP contribution in [0.15, 0.2) is 47.1 Å². The molecule has 1 N–H and O–H groups in total. The van der Waals surface area contributed by atoms with Gasteiger partial charge in [-0.05, 0) is 72.0 Å². The van der Waals surface area contributed by atoms with Crippen molar-refractivity contribution in [2.75, 3.05) is 12.4 Å². The van der Waals surface area contributed by atoms with Crippen LogP contribution >= 0.6 is 0 Å². The van der Waals surface area contributed by atoms with Crippen LogP contribution in [-0.4, -0.2) is 29.4 Å². The highest BCUT2D eigenvalue weighted by molar-refractivity contribution is 5.96. The van der Waals surface area contributed by atoms with Crippen LogP contribution in [0.1, 0.15) is 25.0 Å². The van der Waals surface area contributed by atoms with Crippen molar-refractivity contribution < 1.29 is 18.9 Å². The van der Waals surface area contributed by atoms with Gasteiger partial charge in [0.1, 0.15) is 11.5 Å². The largest absolute Gasteiger partial charge is 0.496 e. The van der Waals surface area contributed by atoms with E-state index in [9.17, 15) is 4.79 Å². The number of carbonyl (C=O) groups excluding carboxylic acids is 1. The van der Waals surface area contributed by atoms with Crippen LogP contribution < -0.4 is 14.8 Å². The Morgan fingerprint density at radius 3 is 2.57 bits per heavy atom. The van der Waals surface area contributed by atoms with Crippen molar-refractivity contribution in [2.24, 2.45) is 0 Å². The predicted molar refractivity (Wildman–Crippen MR) is 106 cm³/mol. The molecular formula is C21H23N3O4. The van der Waals surface area contributed by atoms with E-state index in [-0.39, 0.29) is 11.7 Å². The van der Waals surface area contributed by atoms with E-state index in [1.807, 2.05) is 49.4 Å². The SMILES string of the molecule is CCc1ccc(OC(C)C(=O)Nc2nonc2-c2ccc(OC)c(C)c2)cc1. The van der Waals surface area contributed by atoms with Gasteiger partial charge in [0.05, 0.1) is 7.11 Å². The lowest BCUT2D eigenvalue weighted by atomic mass is 10.1. The Labute approximate surface area is 163 Å². The van der Waals surface area contributed by atoms with Gasteiger partial charge in [0, 0.05) is 5.56 Å². The molecule has 0 aliphatic rings. The van der Waals surface area contributed by atoms with E-state index in [4.69, 9.17) is 14.1 Å². The van der Waals surface area contributed by atoms with E-state index in [1.165, 1.54) is 5.56 Å². The van der Waals surface area contributed by atoms with Gasteiger partial charge < -0.3 is 14.8 Å². The first kappa shape index (κ1) is 19.4. The molecule has 2 aromatic carbocycles. The summed E-state index contributed by atoms with van der Waals surface area (Å²) in [5.74, 6) is 1.29. The first-order chi connectivity index (χ1) is 13.5. The highest BCUT2D eigenvalue weighted by atomic mass is 16.6. The number of nitrogens with one attached hydrogen (secondary N) is 1. The molecule has 1 aromatic heterocycles. The Balaban J connectivity index is 1.70. The molecule has 0 fully saturated rings. The molecule has 0 saturated heterocycles. The summed E-state index contributed by atoms with van der Waals surface area (Å²) in [6.45, 7) is 5.68. The third-order valence-corrected chi connectivity index (χ3v) is 4.41. The molecule has 0 aliphatic heterocycles. The van der Waals surface area contributed by atoms with Crippen LogP contribution in [0.2, 0.25) is 0 Å². The first-order valence-electron chi connectivity index (χ1n) is 9.05. The minimum Gasteiger partial charge on any atom is -0.496 e. The molecule has 1 amide bonds. The number of carbonyl (C=O) groups is 1. The summed E-state index contributed by atoms with van der Waals surface area (Å²) >= 11 is 0. The van der Waals surface area contributed by atoms with Crippen LogP contribution in [0.5, 0.6) is 11.5 Å². The van der Waals surface area contributed by atoms with Gasteiger partial charge in [-0.15, -0.1) is 0 Å². The summed E-state index contributed by atoms with van der Waals surface area (Å²) < 4.78 is 15.8. The lowest BCUT2D eigenvalue weighted by Crippen LogP contribution is -2.30. The van der Waals surface area contributed by atoms with Crippen LogP contribution in [0.3, 0.4) is 0 Å². The van der Waals surface area contributed by atoms with Crippen molar-refractivity contribution in [2.45, 2.75) is 33.3 Å². The molecule has 28 heavy (non-hydrogen) atoms. The number of hydrogen-bond donors (Lipinski definition) is 1. The van der Waals surface area contributed by atoms with Crippen molar-refractivity contribution in [3.05, 3.63) is 53.6 Å². The average Bonchev–Trinajstić information content (AvgIpc) is 3.16. The Hall–Kier alpha value is -3.35. The zero-order chi connectivity index (χ0) is 20.1. The smallest absolute Gasteiger partial charge is 0.266 e. The molecule has 0 bridgehead atoms. The average molecular weight is 381 g/mol. The maximum absolute atomic E-state index is 12.5. The zero-order valence-corrected chi connectivity index (χ0v) is 16.4. The van der Waals surface area contributed by atoms with E-state index >= 15 is 0 Å². The molecule has 3 rings (SSSR count). The number of aryl methyl sites for hydroxylation is 2. The fraction of sp³-hybridized carbons (Fsp3) is 0.286. The Kier molecular flexibility index (Phi) is 5.93. The standard InChI is InChI=1S/C21H23N3O4/c1-5-15-6-9-17(10-7-15)27-14(3)21(25)22-20-19(23-28-24-20)16-8-11-18(26-4)13(2)12-16/h6-12,14H,5H2,1-4H3,(H,22,24,25). The van der Waals surface area contributed by atoms with Crippen molar-refractivity contribution in [1.29, 1.82) is 0 Å². The van der Waals surface area contributed by atoms with Crippen LogP contribution in [0.25, 0.3) is 11.3 Å². The maximum atomic E-state index is 12.5. The Morgan fingerprint density at radius 2 is 1.93 bits per heavy atom. The molecule has 146 valence electrons. The number of ether oxygens (including phenoxy) is 2.